The molecule has 1 saturated heterocycles. The van der Waals surface area contributed by atoms with Crippen LogP contribution >= 0.6 is 0 Å². The standard InChI is InChI=1S/C13H28N2O/c1-5-14-11(2)8-12(3)15-7-6-13(9-15)10-16-4/h11-14H,5-10H2,1-4H3. The molecular formula is C13H28N2O. The zero-order valence-corrected chi connectivity index (χ0v) is 11.3. The SMILES string of the molecule is CCNC(C)CC(C)N1CCC(COC)C1. The van der Waals surface area contributed by atoms with Crippen LogP contribution in [-0.4, -0.2) is 50.3 Å². The van der Waals surface area contributed by atoms with Crippen molar-refractivity contribution in [1.29, 1.82) is 0 Å². The van der Waals surface area contributed by atoms with Crippen molar-refractivity contribution in [2.24, 2.45) is 5.92 Å². The van der Waals surface area contributed by atoms with Crippen molar-refractivity contribution in [3.63, 3.8) is 0 Å². The summed E-state index contributed by atoms with van der Waals surface area (Å²) in [5, 5.41) is 3.48. The molecule has 0 aromatic heterocycles. The van der Waals surface area contributed by atoms with Crippen molar-refractivity contribution in [3.05, 3.63) is 0 Å². The van der Waals surface area contributed by atoms with E-state index in [-0.39, 0.29) is 0 Å². The highest BCUT2D eigenvalue weighted by Crippen LogP contribution is 2.20. The summed E-state index contributed by atoms with van der Waals surface area (Å²) < 4.78 is 5.23. The van der Waals surface area contributed by atoms with Gasteiger partial charge in [0, 0.05) is 25.7 Å². The van der Waals surface area contributed by atoms with Crippen molar-refractivity contribution in [1.82, 2.24) is 10.2 Å². The number of rotatable bonds is 7. The Labute approximate surface area is 101 Å². The van der Waals surface area contributed by atoms with Crippen LogP contribution in [0.5, 0.6) is 0 Å². The van der Waals surface area contributed by atoms with E-state index >= 15 is 0 Å². The van der Waals surface area contributed by atoms with Crippen LogP contribution in [0.2, 0.25) is 0 Å². The Morgan fingerprint density at radius 2 is 2.19 bits per heavy atom. The Kier molecular flexibility index (Phi) is 6.32. The van der Waals surface area contributed by atoms with Gasteiger partial charge < -0.3 is 15.0 Å². The summed E-state index contributed by atoms with van der Waals surface area (Å²) in [6, 6.07) is 1.32. The zero-order valence-electron chi connectivity index (χ0n) is 11.3. The molecule has 0 aromatic rings. The third-order valence-corrected chi connectivity index (χ3v) is 3.59. The summed E-state index contributed by atoms with van der Waals surface area (Å²) in [6.45, 7) is 11.3. The number of likely N-dealkylation sites (tertiary alicyclic amines) is 1. The zero-order chi connectivity index (χ0) is 12.0. The summed E-state index contributed by atoms with van der Waals surface area (Å²) in [4.78, 5) is 2.61. The van der Waals surface area contributed by atoms with Crippen LogP contribution in [0.25, 0.3) is 0 Å². The summed E-state index contributed by atoms with van der Waals surface area (Å²) in [5.74, 6) is 0.752. The van der Waals surface area contributed by atoms with Gasteiger partial charge >= 0.3 is 0 Å². The maximum atomic E-state index is 5.23. The highest BCUT2D eigenvalue weighted by atomic mass is 16.5. The van der Waals surface area contributed by atoms with Gasteiger partial charge in [-0.1, -0.05) is 6.92 Å². The minimum Gasteiger partial charge on any atom is -0.384 e. The topological polar surface area (TPSA) is 24.5 Å². The molecule has 96 valence electrons. The number of nitrogens with one attached hydrogen (secondary N) is 1. The van der Waals surface area contributed by atoms with E-state index in [0.717, 1.165) is 19.1 Å². The molecule has 0 aliphatic carbocycles. The van der Waals surface area contributed by atoms with Crippen molar-refractivity contribution >= 4 is 0 Å². The van der Waals surface area contributed by atoms with Gasteiger partial charge in [0.05, 0.1) is 6.61 Å². The largest absolute Gasteiger partial charge is 0.384 e. The van der Waals surface area contributed by atoms with E-state index in [1.54, 1.807) is 7.11 Å². The first-order valence-electron chi connectivity index (χ1n) is 6.63. The Hall–Kier alpha value is -0.120. The number of ether oxygens (including phenoxy) is 1. The first-order chi connectivity index (χ1) is 7.67. The van der Waals surface area contributed by atoms with Crippen LogP contribution in [-0.2, 0) is 4.74 Å². The molecule has 0 aromatic carbocycles. The third-order valence-electron chi connectivity index (χ3n) is 3.59. The second-order valence-electron chi connectivity index (χ2n) is 5.15. The van der Waals surface area contributed by atoms with Gasteiger partial charge in [0.25, 0.3) is 0 Å². The van der Waals surface area contributed by atoms with Gasteiger partial charge in [0.2, 0.25) is 0 Å². The summed E-state index contributed by atoms with van der Waals surface area (Å²) in [7, 11) is 1.80. The molecule has 3 atom stereocenters. The number of hydrogen-bond donors (Lipinski definition) is 1. The molecule has 1 heterocycles. The molecule has 0 radical (unpaired) electrons. The first-order valence-corrected chi connectivity index (χ1v) is 6.63. The van der Waals surface area contributed by atoms with E-state index in [4.69, 9.17) is 4.74 Å². The molecular weight excluding hydrogens is 200 g/mol. The fourth-order valence-electron chi connectivity index (χ4n) is 2.73. The van der Waals surface area contributed by atoms with Gasteiger partial charge in [-0.2, -0.15) is 0 Å². The maximum Gasteiger partial charge on any atom is 0.0503 e. The molecule has 1 fully saturated rings. The summed E-state index contributed by atoms with van der Waals surface area (Å²) in [5.41, 5.74) is 0. The molecule has 3 nitrogen and oxygen atoms in total. The maximum absolute atomic E-state index is 5.23. The van der Waals surface area contributed by atoms with Crippen LogP contribution < -0.4 is 5.32 Å². The molecule has 0 spiro atoms. The molecule has 1 N–H and O–H groups in total. The molecule has 0 saturated carbocycles. The minimum absolute atomic E-state index is 0.626. The van der Waals surface area contributed by atoms with E-state index in [0.29, 0.717) is 12.1 Å². The lowest BCUT2D eigenvalue weighted by Crippen LogP contribution is -2.37. The van der Waals surface area contributed by atoms with Crippen molar-refractivity contribution in [2.45, 2.75) is 45.7 Å². The van der Waals surface area contributed by atoms with Crippen LogP contribution in [0, 0.1) is 5.92 Å². The Balaban J connectivity index is 2.24. The Bertz CT molecular complexity index is 187. The quantitative estimate of drug-likeness (QED) is 0.718. The lowest BCUT2D eigenvalue weighted by Gasteiger charge is -2.27. The number of nitrogens with zero attached hydrogens (tertiary/aromatic N) is 1. The molecule has 1 rings (SSSR count). The highest BCUT2D eigenvalue weighted by Gasteiger charge is 2.26. The number of hydrogen-bond acceptors (Lipinski definition) is 3. The van der Waals surface area contributed by atoms with Gasteiger partial charge in [0.1, 0.15) is 0 Å². The molecule has 0 bridgehead atoms. The third kappa shape index (κ3) is 4.40. The van der Waals surface area contributed by atoms with E-state index in [1.165, 1.54) is 25.9 Å². The second-order valence-corrected chi connectivity index (χ2v) is 5.15. The van der Waals surface area contributed by atoms with Gasteiger partial charge in [0.15, 0.2) is 0 Å². The second kappa shape index (κ2) is 7.25. The van der Waals surface area contributed by atoms with Crippen LogP contribution in [0.4, 0.5) is 0 Å². The smallest absolute Gasteiger partial charge is 0.0503 e. The minimum atomic E-state index is 0.626. The van der Waals surface area contributed by atoms with E-state index in [1.807, 2.05) is 0 Å². The van der Waals surface area contributed by atoms with Crippen molar-refractivity contribution in [3.8, 4) is 0 Å². The predicted molar refractivity (Wildman–Crippen MR) is 68.8 cm³/mol. The lowest BCUT2D eigenvalue weighted by molar-refractivity contribution is 0.146. The van der Waals surface area contributed by atoms with Crippen LogP contribution in [0.3, 0.4) is 0 Å². The molecule has 1 aliphatic rings. The van der Waals surface area contributed by atoms with E-state index in [2.05, 4.69) is 31.0 Å². The average molecular weight is 228 g/mol. The summed E-state index contributed by atoms with van der Waals surface area (Å²) >= 11 is 0. The summed E-state index contributed by atoms with van der Waals surface area (Å²) in [6.07, 6.45) is 2.54. The van der Waals surface area contributed by atoms with Crippen molar-refractivity contribution < 1.29 is 4.74 Å². The first kappa shape index (κ1) is 13.9. The average Bonchev–Trinajstić information content (AvgIpc) is 2.67. The lowest BCUT2D eigenvalue weighted by atomic mass is 10.1. The van der Waals surface area contributed by atoms with E-state index < -0.39 is 0 Å². The highest BCUT2D eigenvalue weighted by molar-refractivity contribution is 4.81. The monoisotopic (exact) mass is 228 g/mol. The van der Waals surface area contributed by atoms with Gasteiger partial charge in [-0.05, 0) is 45.7 Å². The van der Waals surface area contributed by atoms with Crippen molar-refractivity contribution in [2.75, 3.05) is 33.4 Å². The fraction of sp³-hybridized carbons (Fsp3) is 1.00. The Morgan fingerprint density at radius 1 is 1.44 bits per heavy atom. The molecule has 3 heteroatoms. The van der Waals surface area contributed by atoms with Gasteiger partial charge in [-0.15, -0.1) is 0 Å². The van der Waals surface area contributed by atoms with Gasteiger partial charge in [-0.25, -0.2) is 0 Å². The molecule has 3 unspecified atom stereocenters. The molecule has 16 heavy (non-hydrogen) atoms. The van der Waals surface area contributed by atoms with Crippen LogP contribution in [0.15, 0.2) is 0 Å². The number of methoxy groups -OCH3 is 1. The van der Waals surface area contributed by atoms with Crippen LogP contribution in [0.1, 0.15) is 33.6 Å². The molecule has 1 aliphatic heterocycles. The Morgan fingerprint density at radius 3 is 2.81 bits per heavy atom. The predicted octanol–water partition coefficient (Wildman–Crippen LogP) is 1.73. The normalized spacial score (nSPS) is 25.9. The van der Waals surface area contributed by atoms with E-state index in [9.17, 15) is 0 Å². The fourth-order valence-corrected chi connectivity index (χ4v) is 2.73. The molecule has 0 amide bonds. The van der Waals surface area contributed by atoms with Gasteiger partial charge in [-0.3, -0.25) is 0 Å².